The number of fused-ring (bicyclic) bond motifs is 1. The first-order valence-electron chi connectivity index (χ1n) is 6.94. The summed E-state index contributed by atoms with van der Waals surface area (Å²) in [7, 11) is 0. The Balaban J connectivity index is 1.79. The van der Waals surface area contributed by atoms with Crippen LogP contribution in [0.5, 0.6) is 0 Å². The van der Waals surface area contributed by atoms with Gasteiger partial charge in [-0.05, 0) is 31.5 Å². The molecule has 3 aromatic rings. The van der Waals surface area contributed by atoms with Crippen molar-refractivity contribution in [3.05, 3.63) is 65.4 Å². The smallest absolute Gasteiger partial charge is 0.175 e. The minimum absolute atomic E-state index is 0.165. The van der Waals surface area contributed by atoms with Gasteiger partial charge >= 0.3 is 0 Å². The van der Waals surface area contributed by atoms with Gasteiger partial charge in [-0.2, -0.15) is 0 Å². The Bertz CT molecular complexity index is 804. The van der Waals surface area contributed by atoms with Crippen molar-refractivity contribution in [2.75, 3.05) is 5.75 Å². The minimum atomic E-state index is 0.165. The number of hydrogen-bond acceptors (Lipinski definition) is 2. The molecule has 1 N–H and O–H groups in total. The fraction of sp³-hybridized carbons (Fsp3) is 0.167. The van der Waals surface area contributed by atoms with Crippen LogP contribution in [0, 0.1) is 13.8 Å². The summed E-state index contributed by atoms with van der Waals surface area (Å²) >= 11 is 1.61. The van der Waals surface area contributed by atoms with Crippen molar-refractivity contribution in [2.45, 2.75) is 18.7 Å². The largest absolute Gasteiger partial charge is 0.360 e. The molecule has 0 fully saturated rings. The van der Waals surface area contributed by atoms with Crippen LogP contribution in [0.4, 0.5) is 0 Å². The maximum absolute atomic E-state index is 12.4. The molecule has 0 saturated carbocycles. The molecule has 0 saturated heterocycles. The number of nitrogens with one attached hydrogen (secondary N) is 1. The molecule has 3 heteroatoms. The van der Waals surface area contributed by atoms with Crippen molar-refractivity contribution < 1.29 is 4.79 Å². The summed E-state index contributed by atoms with van der Waals surface area (Å²) in [6.07, 6.45) is 1.82. The lowest BCUT2D eigenvalue weighted by Gasteiger charge is -2.06. The second-order valence-corrected chi connectivity index (χ2v) is 6.25. The molecular weight excluding hydrogens is 278 g/mol. The van der Waals surface area contributed by atoms with E-state index in [2.05, 4.69) is 37.0 Å². The van der Waals surface area contributed by atoms with E-state index in [-0.39, 0.29) is 5.78 Å². The van der Waals surface area contributed by atoms with Crippen LogP contribution in [0.1, 0.15) is 21.5 Å². The zero-order valence-corrected chi connectivity index (χ0v) is 13.0. The van der Waals surface area contributed by atoms with Gasteiger partial charge in [-0.15, -0.1) is 11.8 Å². The summed E-state index contributed by atoms with van der Waals surface area (Å²) in [5.74, 6) is 0.630. The molecule has 0 spiro atoms. The number of thioether (sulfide) groups is 1. The Kier molecular flexibility index (Phi) is 3.84. The summed E-state index contributed by atoms with van der Waals surface area (Å²) in [4.78, 5) is 16.8. The number of carbonyl (C=O) groups excluding carboxylic acids is 1. The van der Waals surface area contributed by atoms with Gasteiger partial charge in [0.2, 0.25) is 0 Å². The Labute approximate surface area is 128 Å². The Morgan fingerprint density at radius 2 is 1.95 bits per heavy atom. The molecule has 0 bridgehead atoms. The zero-order chi connectivity index (χ0) is 14.8. The highest BCUT2D eigenvalue weighted by atomic mass is 32.2. The third-order valence-electron chi connectivity index (χ3n) is 3.59. The van der Waals surface area contributed by atoms with E-state index < -0.39 is 0 Å². The van der Waals surface area contributed by atoms with Crippen LogP contribution in [0.3, 0.4) is 0 Å². The van der Waals surface area contributed by atoms with Crippen LogP contribution in [0.2, 0.25) is 0 Å². The van der Waals surface area contributed by atoms with E-state index in [0.29, 0.717) is 5.75 Å². The predicted molar refractivity (Wildman–Crippen MR) is 89.3 cm³/mol. The second kappa shape index (κ2) is 5.78. The Hall–Kier alpha value is -2.00. The van der Waals surface area contributed by atoms with E-state index in [9.17, 15) is 4.79 Å². The van der Waals surface area contributed by atoms with Gasteiger partial charge in [0.15, 0.2) is 5.78 Å². The molecule has 1 aromatic heterocycles. The summed E-state index contributed by atoms with van der Waals surface area (Å²) in [5, 5.41) is 1.00. The zero-order valence-electron chi connectivity index (χ0n) is 12.1. The molecule has 0 aliphatic heterocycles. The van der Waals surface area contributed by atoms with Crippen molar-refractivity contribution in [3.63, 3.8) is 0 Å². The predicted octanol–water partition coefficient (Wildman–Crippen LogP) is 4.76. The fourth-order valence-electron chi connectivity index (χ4n) is 2.39. The number of aryl methyl sites for hydroxylation is 2. The number of benzene rings is 2. The Morgan fingerprint density at radius 1 is 1.14 bits per heavy atom. The number of aromatic amines is 1. The molecule has 0 amide bonds. The topological polar surface area (TPSA) is 32.9 Å². The van der Waals surface area contributed by atoms with E-state index in [1.807, 2.05) is 30.5 Å². The SMILES string of the molecule is Cc1ccc(C)c(SCC(=O)c2c[nH]c3ccccc23)c1. The lowest BCUT2D eigenvalue weighted by Crippen LogP contribution is -2.01. The standard InChI is InChI=1S/C18H17NOS/c1-12-7-8-13(2)18(9-12)21-11-17(20)15-10-19-16-6-4-3-5-14(15)16/h3-10,19H,11H2,1-2H3. The number of para-hydroxylation sites is 1. The number of aromatic nitrogens is 1. The highest BCUT2D eigenvalue weighted by Gasteiger charge is 2.12. The maximum atomic E-state index is 12.4. The quantitative estimate of drug-likeness (QED) is 0.556. The first-order valence-corrected chi connectivity index (χ1v) is 7.93. The van der Waals surface area contributed by atoms with Crippen LogP contribution in [0.25, 0.3) is 10.9 Å². The lowest BCUT2D eigenvalue weighted by atomic mass is 10.1. The molecule has 2 aromatic carbocycles. The van der Waals surface area contributed by atoms with Gasteiger partial charge in [-0.1, -0.05) is 35.9 Å². The van der Waals surface area contributed by atoms with Crippen LogP contribution in [0.15, 0.2) is 53.6 Å². The minimum Gasteiger partial charge on any atom is -0.360 e. The Morgan fingerprint density at radius 3 is 2.81 bits per heavy atom. The number of H-pyrrole nitrogens is 1. The van der Waals surface area contributed by atoms with E-state index in [1.54, 1.807) is 11.8 Å². The van der Waals surface area contributed by atoms with Crippen molar-refractivity contribution in [2.24, 2.45) is 0 Å². The molecule has 0 unspecified atom stereocenters. The molecule has 0 aliphatic carbocycles. The number of Topliss-reactive ketones (excluding diaryl/α,β-unsaturated/α-hetero) is 1. The average molecular weight is 295 g/mol. The monoisotopic (exact) mass is 295 g/mol. The van der Waals surface area contributed by atoms with Crippen molar-refractivity contribution in [3.8, 4) is 0 Å². The maximum Gasteiger partial charge on any atom is 0.175 e. The molecular formula is C18H17NOS. The van der Waals surface area contributed by atoms with Gasteiger partial charge < -0.3 is 4.98 Å². The summed E-state index contributed by atoms with van der Waals surface area (Å²) in [5.41, 5.74) is 4.24. The fourth-order valence-corrected chi connectivity index (χ4v) is 3.39. The molecule has 106 valence electrons. The normalized spacial score (nSPS) is 11.0. The molecule has 3 rings (SSSR count). The van der Waals surface area contributed by atoms with Gasteiger partial charge in [0.25, 0.3) is 0 Å². The van der Waals surface area contributed by atoms with Crippen molar-refractivity contribution >= 4 is 28.4 Å². The van der Waals surface area contributed by atoms with Gasteiger partial charge in [0, 0.05) is 27.6 Å². The van der Waals surface area contributed by atoms with Crippen molar-refractivity contribution in [1.82, 2.24) is 4.98 Å². The summed E-state index contributed by atoms with van der Waals surface area (Å²) < 4.78 is 0. The highest BCUT2D eigenvalue weighted by Crippen LogP contribution is 2.26. The van der Waals surface area contributed by atoms with Gasteiger partial charge in [0.05, 0.1) is 5.75 Å². The third-order valence-corrected chi connectivity index (χ3v) is 4.75. The molecule has 1 heterocycles. The van der Waals surface area contributed by atoms with E-state index in [1.165, 1.54) is 16.0 Å². The van der Waals surface area contributed by atoms with Crippen LogP contribution >= 0.6 is 11.8 Å². The number of carbonyl (C=O) groups is 1. The van der Waals surface area contributed by atoms with Crippen LogP contribution in [-0.2, 0) is 0 Å². The highest BCUT2D eigenvalue weighted by molar-refractivity contribution is 8.00. The van der Waals surface area contributed by atoms with Gasteiger partial charge in [-0.25, -0.2) is 0 Å². The number of ketones is 1. The van der Waals surface area contributed by atoms with E-state index in [0.717, 1.165) is 16.5 Å². The summed E-state index contributed by atoms with van der Waals surface area (Å²) in [6.45, 7) is 4.16. The first kappa shape index (κ1) is 14.0. The average Bonchev–Trinajstić information content (AvgIpc) is 2.92. The van der Waals surface area contributed by atoms with Gasteiger partial charge in [-0.3, -0.25) is 4.79 Å². The van der Waals surface area contributed by atoms with E-state index >= 15 is 0 Å². The second-order valence-electron chi connectivity index (χ2n) is 5.23. The third kappa shape index (κ3) is 2.88. The molecule has 0 radical (unpaired) electrons. The molecule has 21 heavy (non-hydrogen) atoms. The molecule has 0 aliphatic rings. The van der Waals surface area contributed by atoms with E-state index in [4.69, 9.17) is 0 Å². The molecule has 0 atom stereocenters. The summed E-state index contributed by atoms with van der Waals surface area (Å²) in [6, 6.07) is 14.3. The lowest BCUT2D eigenvalue weighted by molar-refractivity contribution is 0.102. The number of rotatable bonds is 4. The van der Waals surface area contributed by atoms with Gasteiger partial charge in [0.1, 0.15) is 0 Å². The number of hydrogen-bond donors (Lipinski definition) is 1. The first-order chi connectivity index (χ1) is 10.1. The van der Waals surface area contributed by atoms with Crippen LogP contribution in [-0.4, -0.2) is 16.5 Å². The van der Waals surface area contributed by atoms with Crippen LogP contribution < -0.4 is 0 Å². The molecule has 2 nitrogen and oxygen atoms in total. The van der Waals surface area contributed by atoms with Crippen molar-refractivity contribution in [1.29, 1.82) is 0 Å².